The van der Waals surface area contributed by atoms with Crippen LogP contribution < -0.4 is 0 Å². The van der Waals surface area contributed by atoms with E-state index in [-0.39, 0.29) is 10.6 Å². The molecule has 3 atom stereocenters. The van der Waals surface area contributed by atoms with E-state index in [0.717, 1.165) is 16.7 Å². The maximum atomic E-state index is 12.2. The Balaban J connectivity index is 1.97. The quantitative estimate of drug-likeness (QED) is 0.393. The fraction of sp³-hybridized carbons (Fsp3) is 0.583. The first-order valence-corrected chi connectivity index (χ1v) is 8.55. The zero-order valence-electron chi connectivity index (χ0n) is 12.1. The van der Waals surface area contributed by atoms with Crippen LogP contribution in [0.1, 0.15) is 6.92 Å². The summed E-state index contributed by atoms with van der Waals surface area (Å²) >= 11 is 17.4. The third kappa shape index (κ3) is 3.85. The van der Waals surface area contributed by atoms with Crippen molar-refractivity contribution in [3.63, 3.8) is 0 Å². The summed E-state index contributed by atoms with van der Waals surface area (Å²) in [5.74, 6) is -2.60. The predicted molar refractivity (Wildman–Crippen MR) is 85.6 cm³/mol. The Hall–Kier alpha value is -0.870. The molecule has 0 spiro atoms. The van der Waals surface area contributed by atoms with Crippen molar-refractivity contribution < 1.29 is 34.1 Å². The molecule has 134 valence electrons. The van der Waals surface area contributed by atoms with Crippen molar-refractivity contribution in [3.05, 3.63) is 10.6 Å². The summed E-state index contributed by atoms with van der Waals surface area (Å²) in [4.78, 5) is 36.2. The van der Waals surface area contributed by atoms with Crippen LogP contribution in [0.15, 0.2) is 10.6 Å². The minimum atomic E-state index is -1.79. The Morgan fingerprint density at radius 2 is 2.04 bits per heavy atom. The number of nitrogens with zero attached hydrogens (tertiary/aromatic N) is 1. The number of rotatable bonds is 5. The summed E-state index contributed by atoms with van der Waals surface area (Å²) in [5.41, 5.74) is -0.250. The minimum absolute atomic E-state index is 0.175. The number of carbonyl (C=O) groups excluding carboxylic acids is 2. The molecule has 2 N–H and O–H groups in total. The first kappa shape index (κ1) is 19.5. The molecule has 2 aliphatic rings. The molecule has 0 aliphatic carbocycles. The van der Waals surface area contributed by atoms with Crippen LogP contribution in [0.4, 0.5) is 4.79 Å². The number of ether oxygens (including phenoxy) is 2. The van der Waals surface area contributed by atoms with Crippen LogP contribution in [0.3, 0.4) is 0 Å². The Labute approximate surface area is 155 Å². The fourth-order valence-electron chi connectivity index (χ4n) is 2.35. The minimum Gasteiger partial charge on any atom is -0.477 e. The van der Waals surface area contributed by atoms with E-state index < -0.39 is 52.4 Å². The van der Waals surface area contributed by atoms with Gasteiger partial charge < -0.3 is 19.7 Å². The number of β-lactam (4-membered cyclic amide) rings is 1. The lowest BCUT2D eigenvalue weighted by Crippen LogP contribution is -2.61. The van der Waals surface area contributed by atoms with E-state index in [0.29, 0.717) is 0 Å². The summed E-state index contributed by atoms with van der Waals surface area (Å²) in [6, 6.07) is 0. The monoisotopic (exact) mass is 419 g/mol. The maximum absolute atomic E-state index is 12.2. The summed E-state index contributed by atoms with van der Waals surface area (Å²) < 4.78 is 7.79. The zero-order chi connectivity index (χ0) is 18.2. The van der Waals surface area contributed by atoms with E-state index in [1.807, 2.05) is 0 Å². The summed E-state index contributed by atoms with van der Waals surface area (Å²) in [6.07, 6.45) is -2.00. The Morgan fingerprint density at radius 3 is 2.54 bits per heavy atom. The number of aliphatic carboxylic acids is 1. The van der Waals surface area contributed by atoms with Gasteiger partial charge in [-0.15, -0.1) is 0 Å². The van der Waals surface area contributed by atoms with Crippen LogP contribution in [-0.2, 0) is 19.1 Å². The summed E-state index contributed by atoms with van der Waals surface area (Å²) in [6.45, 7) is 0.444. The molecule has 2 aliphatic heterocycles. The number of alkyl halides is 3. The number of thioether (sulfide) groups is 1. The standard InChI is InChI=1S/C12H12Cl3NO7S/c1-4(23-11(21)22-3-12(13,14)15)6-8(18)16-7(10(19)20)5(2-17)24-9(6)16/h4,6,9,17H,2-3H2,1H3,(H,19,20)/t4-,6-,9-/m1/s1. The number of carboxylic acids is 1. The highest BCUT2D eigenvalue weighted by atomic mass is 35.6. The first-order valence-electron chi connectivity index (χ1n) is 6.54. The van der Waals surface area contributed by atoms with Crippen molar-refractivity contribution in [2.45, 2.75) is 22.2 Å². The van der Waals surface area contributed by atoms with Gasteiger partial charge in [-0.3, -0.25) is 9.69 Å². The number of aliphatic hydroxyl groups is 1. The number of fused-ring (bicyclic) bond motifs is 1. The molecule has 0 bridgehead atoms. The van der Waals surface area contributed by atoms with Crippen molar-refractivity contribution in [2.75, 3.05) is 13.2 Å². The van der Waals surface area contributed by atoms with Crippen molar-refractivity contribution >= 4 is 64.6 Å². The van der Waals surface area contributed by atoms with Crippen molar-refractivity contribution in [2.24, 2.45) is 5.92 Å². The third-order valence-corrected chi connectivity index (χ3v) is 5.02. The van der Waals surface area contributed by atoms with Gasteiger partial charge in [-0.05, 0) is 6.92 Å². The van der Waals surface area contributed by atoms with Crippen LogP contribution in [0.25, 0.3) is 0 Å². The topological polar surface area (TPSA) is 113 Å². The molecule has 1 amide bonds. The molecule has 0 saturated carbocycles. The molecule has 1 fully saturated rings. The molecular formula is C12H12Cl3NO7S. The Kier molecular flexibility index (Phi) is 5.81. The van der Waals surface area contributed by atoms with Gasteiger partial charge in [0.1, 0.15) is 29.7 Å². The smallest absolute Gasteiger partial charge is 0.477 e. The lowest BCUT2D eigenvalue weighted by Gasteiger charge is -2.44. The molecule has 0 aromatic heterocycles. The highest BCUT2D eigenvalue weighted by molar-refractivity contribution is 8.04. The maximum Gasteiger partial charge on any atom is 0.508 e. The number of amides is 1. The molecule has 2 heterocycles. The zero-order valence-corrected chi connectivity index (χ0v) is 15.2. The van der Waals surface area contributed by atoms with Crippen molar-refractivity contribution in [3.8, 4) is 0 Å². The van der Waals surface area contributed by atoms with Crippen molar-refractivity contribution in [1.29, 1.82) is 0 Å². The van der Waals surface area contributed by atoms with E-state index in [4.69, 9.17) is 44.6 Å². The largest absolute Gasteiger partial charge is 0.508 e. The third-order valence-electron chi connectivity index (χ3n) is 3.34. The van der Waals surface area contributed by atoms with Gasteiger partial charge in [-0.25, -0.2) is 9.59 Å². The lowest BCUT2D eigenvalue weighted by atomic mass is 9.92. The summed E-state index contributed by atoms with van der Waals surface area (Å²) in [5, 5.41) is 17.8. The van der Waals surface area contributed by atoms with Gasteiger partial charge in [0.25, 0.3) is 0 Å². The second-order valence-corrected chi connectivity index (χ2v) is 8.68. The number of carbonyl (C=O) groups is 3. The molecule has 0 aromatic carbocycles. The fourth-order valence-corrected chi connectivity index (χ4v) is 3.98. The number of halogens is 3. The Morgan fingerprint density at radius 1 is 1.42 bits per heavy atom. The number of hydrogen-bond acceptors (Lipinski definition) is 7. The summed E-state index contributed by atoms with van der Waals surface area (Å²) in [7, 11) is 0. The van der Waals surface area contributed by atoms with E-state index in [1.54, 1.807) is 0 Å². The number of hydrogen-bond donors (Lipinski definition) is 2. The van der Waals surface area contributed by atoms with Crippen LogP contribution in [0, 0.1) is 5.92 Å². The van der Waals surface area contributed by atoms with Gasteiger partial charge in [-0.2, -0.15) is 0 Å². The van der Waals surface area contributed by atoms with Crippen LogP contribution >= 0.6 is 46.6 Å². The van der Waals surface area contributed by atoms with Gasteiger partial charge >= 0.3 is 12.1 Å². The number of aliphatic hydroxyl groups excluding tert-OH is 1. The second-order valence-electron chi connectivity index (χ2n) is 4.95. The van der Waals surface area contributed by atoms with Crippen molar-refractivity contribution in [1.82, 2.24) is 4.90 Å². The molecule has 0 unspecified atom stereocenters. The average Bonchev–Trinajstić information content (AvgIpc) is 2.79. The normalized spacial score (nSPS) is 24.4. The van der Waals surface area contributed by atoms with Crippen LogP contribution in [-0.4, -0.2) is 61.6 Å². The molecule has 2 rings (SSSR count). The van der Waals surface area contributed by atoms with Crippen LogP contribution in [0.2, 0.25) is 0 Å². The van der Waals surface area contributed by atoms with E-state index in [1.165, 1.54) is 6.92 Å². The van der Waals surface area contributed by atoms with Crippen LogP contribution in [0.5, 0.6) is 0 Å². The Bertz CT molecular complexity index is 606. The second kappa shape index (κ2) is 7.17. The van der Waals surface area contributed by atoms with Gasteiger partial charge in [0.2, 0.25) is 9.70 Å². The number of carboxylic acid groups (broad SMARTS) is 1. The van der Waals surface area contributed by atoms with Gasteiger partial charge in [0.15, 0.2) is 0 Å². The molecule has 0 radical (unpaired) electrons. The van der Waals surface area contributed by atoms with E-state index >= 15 is 0 Å². The SMILES string of the molecule is C[C@@H](OC(=O)OCC(Cl)(Cl)Cl)[C@@H]1C(=O)N2C(C(=O)O)=C(CO)S[C@H]12. The van der Waals surface area contributed by atoms with Gasteiger partial charge in [0, 0.05) is 4.91 Å². The molecule has 1 saturated heterocycles. The van der Waals surface area contributed by atoms with E-state index in [2.05, 4.69) is 4.74 Å². The lowest BCUT2D eigenvalue weighted by molar-refractivity contribution is -0.157. The molecule has 24 heavy (non-hydrogen) atoms. The van der Waals surface area contributed by atoms with E-state index in [9.17, 15) is 19.5 Å². The van der Waals surface area contributed by atoms with Gasteiger partial charge in [0.05, 0.1) is 6.61 Å². The molecular weight excluding hydrogens is 409 g/mol. The molecule has 8 nitrogen and oxygen atoms in total. The molecule has 0 aromatic rings. The average molecular weight is 421 g/mol. The predicted octanol–water partition coefficient (Wildman–Crippen LogP) is 1.72. The highest BCUT2D eigenvalue weighted by Gasteiger charge is 2.58. The van der Waals surface area contributed by atoms with Gasteiger partial charge in [-0.1, -0.05) is 46.6 Å². The highest BCUT2D eigenvalue weighted by Crippen LogP contribution is 2.50. The first-order chi connectivity index (χ1) is 11.1. The molecule has 12 heteroatoms.